The van der Waals surface area contributed by atoms with E-state index in [9.17, 15) is 5.11 Å². The molecule has 2 aromatic rings. The van der Waals surface area contributed by atoms with Crippen molar-refractivity contribution in [1.82, 2.24) is 4.98 Å². The Hall–Kier alpha value is -1.39. The first kappa shape index (κ1) is 13.6. The van der Waals surface area contributed by atoms with E-state index in [1.807, 2.05) is 18.2 Å². The highest BCUT2D eigenvalue weighted by Crippen LogP contribution is 2.33. The van der Waals surface area contributed by atoms with Crippen LogP contribution in [0.2, 0.25) is 0 Å². The van der Waals surface area contributed by atoms with Crippen LogP contribution >= 0.6 is 11.3 Å². The number of rotatable bonds is 4. The molecular weight excluding hydrogens is 270 g/mol. The molecule has 0 radical (unpaired) electrons. The highest BCUT2D eigenvalue weighted by Gasteiger charge is 2.20. The number of hydrogen-bond acceptors (Lipinski definition) is 4. The van der Waals surface area contributed by atoms with Gasteiger partial charge in [0.2, 0.25) is 0 Å². The van der Waals surface area contributed by atoms with E-state index in [1.165, 1.54) is 5.56 Å². The zero-order valence-electron chi connectivity index (χ0n) is 11.8. The smallest absolute Gasteiger partial charge is 0.131 e. The molecule has 1 aromatic carbocycles. The van der Waals surface area contributed by atoms with Crippen LogP contribution in [-0.4, -0.2) is 10.1 Å². The fraction of sp³-hybridized carbons (Fsp3) is 0.438. The first-order valence-corrected chi connectivity index (χ1v) is 7.89. The van der Waals surface area contributed by atoms with Crippen molar-refractivity contribution in [2.24, 2.45) is 0 Å². The van der Waals surface area contributed by atoms with E-state index in [1.54, 1.807) is 11.3 Å². The van der Waals surface area contributed by atoms with Gasteiger partial charge < -0.3 is 9.84 Å². The number of aromatic nitrogens is 1. The van der Waals surface area contributed by atoms with Gasteiger partial charge in [0.05, 0.1) is 16.8 Å². The average Bonchev–Trinajstić information content (AvgIpc) is 3.04. The standard InChI is InChI=1S/C16H19NO2S/c1-10(2)16-17-12(9-20-16)8-19-13-4-5-14-11(7-13)3-6-15(14)18/h4-5,7,9-10,15,18H,3,6,8H2,1-2H3/t15-/m0/s1. The number of benzene rings is 1. The summed E-state index contributed by atoms with van der Waals surface area (Å²) in [4.78, 5) is 4.56. The molecule has 4 heteroatoms. The molecule has 1 aromatic heterocycles. The molecule has 0 spiro atoms. The Labute approximate surface area is 123 Å². The lowest BCUT2D eigenvalue weighted by atomic mass is 10.1. The minimum Gasteiger partial charge on any atom is -0.487 e. The van der Waals surface area contributed by atoms with Gasteiger partial charge in [-0.2, -0.15) is 0 Å². The molecule has 0 saturated carbocycles. The van der Waals surface area contributed by atoms with Crippen molar-refractivity contribution in [3.05, 3.63) is 45.4 Å². The number of hydrogen-bond donors (Lipinski definition) is 1. The molecule has 1 aliphatic rings. The summed E-state index contributed by atoms with van der Waals surface area (Å²) >= 11 is 1.69. The summed E-state index contributed by atoms with van der Waals surface area (Å²) in [5.74, 6) is 1.33. The van der Waals surface area contributed by atoms with Gasteiger partial charge in [-0.1, -0.05) is 19.9 Å². The van der Waals surface area contributed by atoms with Crippen LogP contribution in [0.3, 0.4) is 0 Å². The van der Waals surface area contributed by atoms with E-state index < -0.39 is 0 Å². The number of thiazole rings is 1. The third-order valence-electron chi connectivity index (χ3n) is 3.61. The van der Waals surface area contributed by atoms with Gasteiger partial charge >= 0.3 is 0 Å². The molecule has 106 valence electrons. The maximum absolute atomic E-state index is 9.79. The van der Waals surface area contributed by atoms with Gasteiger partial charge in [-0.3, -0.25) is 0 Å². The van der Waals surface area contributed by atoms with Crippen LogP contribution in [0, 0.1) is 0 Å². The largest absolute Gasteiger partial charge is 0.487 e. The summed E-state index contributed by atoms with van der Waals surface area (Å²) in [6.07, 6.45) is 1.45. The Morgan fingerprint density at radius 2 is 2.30 bits per heavy atom. The summed E-state index contributed by atoms with van der Waals surface area (Å²) in [5.41, 5.74) is 3.24. The maximum atomic E-state index is 9.79. The number of nitrogens with zero attached hydrogens (tertiary/aromatic N) is 1. The Balaban J connectivity index is 1.66. The van der Waals surface area contributed by atoms with E-state index in [-0.39, 0.29) is 6.10 Å². The summed E-state index contributed by atoms with van der Waals surface area (Å²) in [6, 6.07) is 5.95. The average molecular weight is 289 g/mol. The van der Waals surface area contributed by atoms with Crippen LogP contribution in [0.4, 0.5) is 0 Å². The number of fused-ring (bicyclic) bond motifs is 1. The molecule has 0 fully saturated rings. The first-order valence-electron chi connectivity index (χ1n) is 7.01. The van der Waals surface area contributed by atoms with Gasteiger partial charge in [-0.25, -0.2) is 4.98 Å². The third kappa shape index (κ3) is 2.72. The normalized spacial score (nSPS) is 17.5. The molecule has 3 rings (SSSR count). The SMILES string of the molecule is CC(C)c1nc(COc2ccc3c(c2)CC[C@@H]3O)cs1. The van der Waals surface area contributed by atoms with Gasteiger partial charge in [0.25, 0.3) is 0 Å². The molecule has 1 N–H and O–H groups in total. The lowest BCUT2D eigenvalue weighted by molar-refractivity contribution is 0.180. The van der Waals surface area contributed by atoms with Gasteiger partial charge in [0.1, 0.15) is 12.4 Å². The molecule has 0 aliphatic heterocycles. The maximum Gasteiger partial charge on any atom is 0.131 e. The fourth-order valence-corrected chi connectivity index (χ4v) is 3.29. The lowest BCUT2D eigenvalue weighted by Crippen LogP contribution is -1.98. The molecule has 1 aliphatic carbocycles. The van der Waals surface area contributed by atoms with Crippen LogP contribution in [0.1, 0.15) is 54.1 Å². The second-order valence-corrected chi connectivity index (χ2v) is 6.43. The van der Waals surface area contributed by atoms with E-state index in [4.69, 9.17) is 4.74 Å². The van der Waals surface area contributed by atoms with E-state index in [0.717, 1.165) is 34.9 Å². The minimum atomic E-state index is -0.300. The van der Waals surface area contributed by atoms with Crippen molar-refractivity contribution in [1.29, 1.82) is 0 Å². The van der Waals surface area contributed by atoms with E-state index >= 15 is 0 Å². The summed E-state index contributed by atoms with van der Waals surface area (Å²) in [6.45, 7) is 4.80. The van der Waals surface area contributed by atoms with Crippen LogP contribution < -0.4 is 4.74 Å². The third-order valence-corrected chi connectivity index (χ3v) is 4.80. The van der Waals surface area contributed by atoms with E-state index in [0.29, 0.717) is 12.5 Å². The van der Waals surface area contributed by atoms with Crippen molar-refractivity contribution in [2.45, 2.75) is 45.3 Å². The molecule has 0 bridgehead atoms. The molecule has 0 saturated heterocycles. The Morgan fingerprint density at radius 1 is 1.45 bits per heavy atom. The Kier molecular flexibility index (Phi) is 3.76. The Morgan fingerprint density at radius 3 is 3.05 bits per heavy atom. The van der Waals surface area contributed by atoms with Gasteiger partial charge in [-0.15, -0.1) is 11.3 Å². The number of ether oxygens (including phenoxy) is 1. The number of aliphatic hydroxyl groups is 1. The number of aryl methyl sites for hydroxylation is 1. The molecular formula is C16H19NO2S. The lowest BCUT2D eigenvalue weighted by Gasteiger charge is -2.08. The highest BCUT2D eigenvalue weighted by molar-refractivity contribution is 7.09. The Bertz CT molecular complexity index is 606. The number of aliphatic hydroxyl groups excluding tert-OH is 1. The topological polar surface area (TPSA) is 42.4 Å². The van der Waals surface area contributed by atoms with Crippen molar-refractivity contribution in [3.63, 3.8) is 0 Å². The predicted molar refractivity (Wildman–Crippen MR) is 80.3 cm³/mol. The van der Waals surface area contributed by atoms with Crippen LogP contribution in [-0.2, 0) is 13.0 Å². The second-order valence-electron chi connectivity index (χ2n) is 5.54. The predicted octanol–water partition coefficient (Wildman–Crippen LogP) is 3.83. The summed E-state index contributed by atoms with van der Waals surface area (Å²) in [5, 5.41) is 13.0. The molecule has 1 heterocycles. The minimum absolute atomic E-state index is 0.300. The van der Waals surface area contributed by atoms with Crippen molar-refractivity contribution in [3.8, 4) is 5.75 Å². The highest BCUT2D eigenvalue weighted by atomic mass is 32.1. The fourth-order valence-electron chi connectivity index (χ4n) is 2.47. The summed E-state index contributed by atoms with van der Waals surface area (Å²) < 4.78 is 5.81. The zero-order chi connectivity index (χ0) is 14.1. The van der Waals surface area contributed by atoms with Crippen molar-refractivity contribution >= 4 is 11.3 Å². The summed E-state index contributed by atoms with van der Waals surface area (Å²) in [7, 11) is 0. The van der Waals surface area contributed by atoms with Gasteiger partial charge in [0.15, 0.2) is 0 Å². The van der Waals surface area contributed by atoms with Crippen molar-refractivity contribution in [2.75, 3.05) is 0 Å². The van der Waals surface area contributed by atoms with Crippen LogP contribution in [0.5, 0.6) is 5.75 Å². The van der Waals surface area contributed by atoms with Crippen LogP contribution in [0.25, 0.3) is 0 Å². The first-order chi connectivity index (χ1) is 9.63. The van der Waals surface area contributed by atoms with Gasteiger partial charge in [-0.05, 0) is 36.1 Å². The van der Waals surface area contributed by atoms with E-state index in [2.05, 4.69) is 24.2 Å². The molecule has 1 atom stereocenters. The zero-order valence-corrected chi connectivity index (χ0v) is 12.6. The monoisotopic (exact) mass is 289 g/mol. The second kappa shape index (κ2) is 5.54. The molecule has 0 unspecified atom stereocenters. The molecule has 0 amide bonds. The van der Waals surface area contributed by atoms with Crippen molar-refractivity contribution < 1.29 is 9.84 Å². The molecule has 3 nitrogen and oxygen atoms in total. The van der Waals surface area contributed by atoms with Crippen LogP contribution in [0.15, 0.2) is 23.6 Å². The molecule has 20 heavy (non-hydrogen) atoms. The quantitative estimate of drug-likeness (QED) is 0.930. The van der Waals surface area contributed by atoms with Gasteiger partial charge in [0, 0.05) is 11.3 Å².